The molecule has 40 heavy (non-hydrogen) atoms. The molecule has 0 fully saturated rings. The van der Waals surface area contributed by atoms with E-state index < -0.39 is 28.5 Å². The van der Waals surface area contributed by atoms with Gasteiger partial charge >= 0.3 is 0 Å². The van der Waals surface area contributed by atoms with Gasteiger partial charge in [0.2, 0.25) is 11.8 Å². The summed E-state index contributed by atoms with van der Waals surface area (Å²) in [5.74, 6) is 0.0922. The highest BCUT2D eigenvalue weighted by Gasteiger charge is 2.33. The fourth-order valence-corrected chi connectivity index (χ4v) is 5.56. The van der Waals surface area contributed by atoms with E-state index in [-0.39, 0.29) is 23.0 Å². The number of carbonyl (C=O) groups excluding carboxylic acids is 2. The van der Waals surface area contributed by atoms with Crippen molar-refractivity contribution in [3.05, 3.63) is 84.4 Å². The van der Waals surface area contributed by atoms with Crippen molar-refractivity contribution in [2.24, 2.45) is 0 Å². The Morgan fingerprint density at radius 2 is 1.55 bits per heavy atom. The first-order valence-electron chi connectivity index (χ1n) is 13.1. The van der Waals surface area contributed by atoms with Crippen molar-refractivity contribution in [3.8, 4) is 11.5 Å². The van der Waals surface area contributed by atoms with Gasteiger partial charge in [-0.05, 0) is 55.3 Å². The highest BCUT2D eigenvalue weighted by Crippen LogP contribution is 2.32. The number of methoxy groups -OCH3 is 2. The van der Waals surface area contributed by atoms with E-state index in [0.717, 1.165) is 22.7 Å². The largest absolute Gasteiger partial charge is 0.497 e. The summed E-state index contributed by atoms with van der Waals surface area (Å²) in [6.07, 6.45) is 1.72. The molecule has 0 radical (unpaired) electrons. The zero-order valence-electron chi connectivity index (χ0n) is 23.4. The van der Waals surface area contributed by atoms with Gasteiger partial charge in [0.1, 0.15) is 24.1 Å². The van der Waals surface area contributed by atoms with Crippen LogP contribution in [0.25, 0.3) is 0 Å². The van der Waals surface area contributed by atoms with E-state index in [0.29, 0.717) is 18.0 Å². The Bertz CT molecular complexity index is 1360. The maximum atomic E-state index is 14.0. The Morgan fingerprint density at radius 1 is 0.900 bits per heavy atom. The van der Waals surface area contributed by atoms with E-state index in [1.807, 2.05) is 6.92 Å². The van der Waals surface area contributed by atoms with Crippen LogP contribution in [-0.2, 0) is 26.2 Å². The Balaban J connectivity index is 2.01. The summed E-state index contributed by atoms with van der Waals surface area (Å²) in [6, 6.07) is 20.8. The molecule has 3 aromatic carbocycles. The van der Waals surface area contributed by atoms with Crippen LogP contribution >= 0.6 is 0 Å². The maximum absolute atomic E-state index is 14.0. The molecule has 1 N–H and O–H groups in total. The minimum absolute atomic E-state index is 0.0285. The predicted octanol–water partition coefficient (Wildman–Crippen LogP) is 4.23. The fourth-order valence-electron chi connectivity index (χ4n) is 4.12. The van der Waals surface area contributed by atoms with Gasteiger partial charge in [-0.1, -0.05) is 55.8 Å². The molecule has 1 unspecified atom stereocenters. The lowest BCUT2D eigenvalue weighted by atomic mass is 10.1. The number of rotatable bonds is 14. The molecule has 1 atom stereocenters. The molecule has 0 aromatic heterocycles. The lowest BCUT2D eigenvalue weighted by Crippen LogP contribution is -2.51. The van der Waals surface area contributed by atoms with Crippen LogP contribution in [0.2, 0.25) is 0 Å². The van der Waals surface area contributed by atoms with E-state index in [4.69, 9.17) is 9.47 Å². The lowest BCUT2D eigenvalue weighted by molar-refractivity contribution is -0.139. The van der Waals surface area contributed by atoms with Crippen molar-refractivity contribution in [1.29, 1.82) is 0 Å². The first-order valence-corrected chi connectivity index (χ1v) is 14.6. The van der Waals surface area contributed by atoms with Crippen LogP contribution in [-0.4, -0.2) is 58.5 Å². The van der Waals surface area contributed by atoms with Crippen LogP contribution in [0.1, 0.15) is 32.3 Å². The maximum Gasteiger partial charge on any atom is 0.264 e. The van der Waals surface area contributed by atoms with E-state index >= 15 is 0 Å². The van der Waals surface area contributed by atoms with E-state index in [1.54, 1.807) is 80.8 Å². The number of amides is 2. The fraction of sp³-hybridized carbons (Fsp3) is 0.333. The van der Waals surface area contributed by atoms with Gasteiger partial charge in [0.25, 0.3) is 10.0 Å². The van der Waals surface area contributed by atoms with Gasteiger partial charge < -0.3 is 19.7 Å². The highest BCUT2D eigenvalue weighted by molar-refractivity contribution is 7.92. The van der Waals surface area contributed by atoms with Crippen LogP contribution in [0, 0.1) is 0 Å². The third-order valence-corrected chi connectivity index (χ3v) is 8.25. The zero-order valence-corrected chi connectivity index (χ0v) is 24.2. The van der Waals surface area contributed by atoms with Crippen LogP contribution in [0.15, 0.2) is 83.8 Å². The number of unbranched alkanes of at least 4 members (excludes halogenated alkanes) is 1. The van der Waals surface area contributed by atoms with Gasteiger partial charge in [0.05, 0.1) is 24.8 Å². The molecule has 214 valence electrons. The Kier molecular flexibility index (Phi) is 11.0. The minimum atomic E-state index is -4.17. The number of carbonyl (C=O) groups is 2. The number of para-hydroxylation sites is 2. The molecule has 9 nitrogen and oxygen atoms in total. The predicted molar refractivity (Wildman–Crippen MR) is 155 cm³/mol. The number of ether oxygens (including phenoxy) is 2. The van der Waals surface area contributed by atoms with Gasteiger partial charge in [-0.2, -0.15) is 0 Å². The van der Waals surface area contributed by atoms with E-state index in [2.05, 4.69) is 5.32 Å². The SMILES string of the molecule is CCCCNC(=O)C(C)N(Cc1ccc(OC)cc1)C(=O)CN(c1ccccc1OC)S(=O)(=O)c1ccccc1. The molecule has 0 spiro atoms. The Morgan fingerprint density at radius 3 is 2.17 bits per heavy atom. The summed E-state index contributed by atoms with van der Waals surface area (Å²) < 4.78 is 39.5. The van der Waals surface area contributed by atoms with Crippen molar-refractivity contribution >= 4 is 27.5 Å². The molecule has 0 aliphatic rings. The molecule has 2 amide bonds. The van der Waals surface area contributed by atoms with Crippen molar-refractivity contribution < 1.29 is 27.5 Å². The van der Waals surface area contributed by atoms with Crippen molar-refractivity contribution in [2.75, 3.05) is 31.6 Å². The summed E-state index contributed by atoms with van der Waals surface area (Å²) in [7, 11) is -1.17. The molecular formula is C30H37N3O6S. The normalized spacial score (nSPS) is 11.8. The molecule has 0 saturated carbocycles. The molecule has 3 rings (SSSR count). The quantitative estimate of drug-likeness (QED) is 0.292. The van der Waals surface area contributed by atoms with Gasteiger partial charge in [0, 0.05) is 13.1 Å². The average Bonchev–Trinajstić information content (AvgIpc) is 2.98. The second kappa shape index (κ2) is 14.4. The number of hydrogen-bond acceptors (Lipinski definition) is 6. The second-order valence-electron chi connectivity index (χ2n) is 9.19. The topological polar surface area (TPSA) is 105 Å². The number of nitrogens with one attached hydrogen (secondary N) is 1. The number of benzene rings is 3. The van der Waals surface area contributed by atoms with Crippen molar-refractivity contribution in [1.82, 2.24) is 10.2 Å². The number of anilines is 1. The van der Waals surface area contributed by atoms with Crippen molar-refractivity contribution in [2.45, 2.75) is 44.2 Å². The average molecular weight is 568 g/mol. The van der Waals surface area contributed by atoms with Crippen LogP contribution in [0.3, 0.4) is 0 Å². The third kappa shape index (κ3) is 7.53. The Labute approximate surface area is 236 Å². The van der Waals surface area contributed by atoms with Gasteiger partial charge in [-0.15, -0.1) is 0 Å². The first-order chi connectivity index (χ1) is 19.2. The summed E-state index contributed by atoms with van der Waals surface area (Å²) in [5, 5.41) is 2.88. The molecule has 0 heterocycles. The number of nitrogens with zero attached hydrogens (tertiary/aromatic N) is 2. The third-order valence-electron chi connectivity index (χ3n) is 6.47. The summed E-state index contributed by atoms with van der Waals surface area (Å²) in [4.78, 5) is 28.5. The standard InChI is InChI=1S/C30H37N3O6S/c1-5-6-20-31-30(35)23(2)32(21-24-16-18-25(38-3)19-17-24)29(34)22-33(27-14-10-11-15-28(27)39-4)40(36,37)26-12-8-7-9-13-26/h7-19,23H,5-6,20-22H2,1-4H3,(H,31,35). The van der Waals surface area contributed by atoms with Gasteiger partial charge in [-0.3, -0.25) is 13.9 Å². The first kappa shape index (κ1) is 30.5. The zero-order chi connectivity index (χ0) is 29.1. The minimum Gasteiger partial charge on any atom is -0.497 e. The molecule has 0 saturated heterocycles. The summed E-state index contributed by atoms with van der Waals surface area (Å²) in [6.45, 7) is 3.70. The molecule has 3 aromatic rings. The van der Waals surface area contributed by atoms with Crippen LogP contribution < -0.4 is 19.1 Å². The van der Waals surface area contributed by atoms with Crippen LogP contribution in [0.4, 0.5) is 5.69 Å². The van der Waals surface area contributed by atoms with Crippen molar-refractivity contribution in [3.63, 3.8) is 0 Å². The molecule has 0 bridgehead atoms. The number of sulfonamides is 1. The summed E-state index contributed by atoms with van der Waals surface area (Å²) in [5.41, 5.74) is 0.976. The highest BCUT2D eigenvalue weighted by atomic mass is 32.2. The molecule has 0 aliphatic carbocycles. The monoisotopic (exact) mass is 567 g/mol. The Hall–Kier alpha value is -4.05. The second-order valence-corrected chi connectivity index (χ2v) is 11.0. The number of hydrogen-bond donors (Lipinski definition) is 1. The smallest absolute Gasteiger partial charge is 0.264 e. The van der Waals surface area contributed by atoms with Gasteiger partial charge in [-0.25, -0.2) is 8.42 Å². The molecule has 0 aliphatic heterocycles. The van der Waals surface area contributed by atoms with E-state index in [9.17, 15) is 18.0 Å². The lowest BCUT2D eigenvalue weighted by Gasteiger charge is -2.32. The van der Waals surface area contributed by atoms with E-state index in [1.165, 1.54) is 24.1 Å². The molecule has 10 heteroatoms. The van der Waals surface area contributed by atoms with Crippen LogP contribution in [0.5, 0.6) is 11.5 Å². The van der Waals surface area contributed by atoms with Gasteiger partial charge in [0.15, 0.2) is 0 Å². The molecular weight excluding hydrogens is 530 g/mol. The summed E-state index contributed by atoms with van der Waals surface area (Å²) >= 11 is 0.